The maximum absolute atomic E-state index is 4.87. The summed E-state index contributed by atoms with van der Waals surface area (Å²) >= 11 is 4.87. The minimum Gasteiger partial charge on any atom is -0.358 e. The van der Waals surface area contributed by atoms with E-state index in [1.54, 1.807) is 6.92 Å². The maximum atomic E-state index is 4.87. The van der Waals surface area contributed by atoms with Crippen LogP contribution in [-0.4, -0.2) is 0 Å². The van der Waals surface area contributed by atoms with E-state index in [0.29, 0.717) is 0 Å². The number of allylic oxidation sites excluding steroid dienone is 16. The topological polar surface area (TPSA) is 0 Å². The van der Waals surface area contributed by atoms with Gasteiger partial charge in [-0.25, -0.2) is 54.5 Å². The molecule has 0 aromatic carbocycles. The molecule has 0 aliphatic heterocycles. The molecule has 0 aromatic heterocycles. The van der Waals surface area contributed by atoms with Crippen molar-refractivity contribution >= 4 is 11.6 Å². The largest absolute Gasteiger partial charge is 4.00 e. The van der Waals surface area contributed by atoms with Gasteiger partial charge in [-0.1, -0.05) is 0 Å². The Morgan fingerprint density at radius 3 is 0.885 bits per heavy atom. The van der Waals surface area contributed by atoms with E-state index in [9.17, 15) is 0 Å². The van der Waals surface area contributed by atoms with Crippen molar-refractivity contribution in [3.8, 4) is 0 Å². The fourth-order valence-corrected chi connectivity index (χ4v) is 1.36. The molecule has 0 saturated heterocycles. The van der Waals surface area contributed by atoms with Crippen molar-refractivity contribution in [1.29, 1.82) is 0 Å². The van der Waals surface area contributed by atoms with Crippen molar-refractivity contribution in [1.82, 2.24) is 0 Å². The minimum atomic E-state index is 0. The minimum absolute atomic E-state index is 0. The molecule has 0 radical (unpaired) electrons. The smallest absolute Gasteiger partial charge is 0.358 e. The van der Waals surface area contributed by atoms with Gasteiger partial charge in [-0.15, -0.1) is 25.7 Å². The molecule has 26 heavy (non-hydrogen) atoms. The Bertz CT molecular complexity index is 350. The summed E-state index contributed by atoms with van der Waals surface area (Å²) in [6.07, 6.45) is 40.0. The van der Waals surface area contributed by atoms with Crippen LogP contribution in [0.15, 0.2) is 72.9 Å². The van der Waals surface area contributed by atoms with Gasteiger partial charge in [0.1, 0.15) is 0 Å². The van der Waals surface area contributed by atoms with E-state index in [1.165, 1.54) is 5.88 Å². The first kappa shape index (κ1) is 33.6. The standard InChI is InChI=1S/4C5H5.C2H4Cl.CH3.2Zr/c4*1-2-4-5-3-1;1-2-3;;;/h4*1-3H,4H2;2H,1H3;1H3;;/q6*-1;+2;+4. The van der Waals surface area contributed by atoms with Crippen molar-refractivity contribution in [2.45, 2.75) is 32.6 Å². The summed E-state index contributed by atoms with van der Waals surface area (Å²) in [5.74, 6) is 1.47. The summed E-state index contributed by atoms with van der Waals surface area (Å²) in [4.78, 5) is 0. The Balaban J connectivity index is -0.000000114. The van der Waals surface area contributed by atoms with Crippen molar-refractivity contribution in [3.05, 3.63) is 111 Å². The van der Waals surface area contributed by atoms with Crippen molar-refractivity contribution < 1.29 is 52.4 Å². The van der Waals surface area contributed by atoms with Gasteiger partial charge in [0.2, 0.25) is 0 Å². The van der Waals surface area contributed by atoms with Crippen LogP contribution in [-0.2, 0) is 52.4 Å². The quantitative estimate of drug-likeness (QED) is 0.299. The van der Waals surface area contributed by atoms with E-state index in [1.807, 2.05) is 48.6 Å². The molecule has 0 spiro atoms. The summed E-state index contributed by atoms with van der Waals surface area (Å²) in [6.45, 7) is 1.77. The second kappa shape index (κ2) is 32.6. The molecular weight excluding hydrogens is 494 g/mol. The molecule has 4 aliphatic rings. The van der Waals surface area contributed by atoms with Crippen molar-refractivity contribution in [2.24, 2.45) is 0 Å². The van der Waals surface area contributed by atoms with Crippen molar-refractivity contribution in [2.75, 3.05) is 0 Å². The Labute approximate surface area is 205 Å². The van der Waals surface area contributed by atoms with Gasteiger partial charge in [0.05, 0.1) is 0 Å². The fraction of sp³-hybridized carbons (Fsp3) is 0.217. The molecule has 0 bridgehead atoms. The Hall–Kier alpha value is -0.0238. The molecule has 0 fully saturated rings. The molecule has 0 aromatic rings. The van der Waals surface area contributed by atoms with Crippen LogP contribution in [0.5, 0.6) is 0 Å². The van der Waals surface area contributed by atoms with Gasteiger partial charge in [-0.2, -0.15) is 31.2 Å². The van der Waals surface area contributed by atoms with Gasteiger partial charge in [0.15, 0.2) is 0 Å². The first-order valence-electron chi connectivity index (χ1n) is 7.66. The van der Waals surface area contributed by atoms with E-state index < -0.39 is 0 Å². The molecule has 0 atom stereocenters. The molecule has 0 N–H and O–H groups in total. The monoisotopic (exact) mass is 518 g/mol. The van der Waals surface area contributed by atoms with Crippen LogP contribution in [0.2, 0.25) is 0 Å². The van der Waals surface area contributed by atoms with Crippen LogP contribution >= 0.6 is 11.6 Å². The zero-order chi connectivity index (χ0) is 16.8. The van der Waals surface area contributed by atoms with Gasteiger partial charge >= 0.3 is 52.4 Å². The Morgan fingerprint density at radius 1 is 0.654 bits per heavy atom. The average molecular weight is 521 g/mol. The maximum Gasteiger partial charge on any atom is 4.00 e. The first-order valence-corrected chi connectivity index (χ1v) is 8.10. The summed E-state index contributed by atoms with van der Waals surface area (Å²) in [5.41, 5.74) is 0. The van der Waals surface area contributed by atoms with Gasteiger partial charge in [0, 0.05) is 0 Å². The molecule has 0 amide bonds. The zero-order valence-electron chi connectivity index (χ0n) is 15.7. The third-order valence-corrected chi connectivity index (χ3v) is 2.34. The molecular formula is C23H27ClZr2. The predicted octanol–water partition coefficient (Wildman–Crippen LogP) is 7.07. The summed E-state index contributed by atoms with van der Waals surface area (Å²) in [6, 6.07) is 0. The van der Waals surface area contributed by atoms with E-state index >= 15 is 0 Å². The summed E-state index contributed by atoms with van der Waals surface area (Å²) < 4.78 is 0. The molecule has 134 valence electrons. The number of halogens is 1. The molecule has 0 nitrogen and oxygen atoms in total. The average Bonchev–Trinajstić information content (AvgIpc) is 3.47. The fourth-order valence-electron chi connectivity index (χ4n) is 1.36. The van der Waals surface area contributed by atoms with E-state index in [0.717, 1.165) is 25.7 Å². The van der Waals surface area contributed by atoms with Crippen LogP contribution in [0.1, 0.15) is 32.6 Å². The third-order valence-electron chi connectivity index (χ3n) is 2.34. The van der Waals surface area contributed by atoms with Crippen LogP contribution in [0.4, 0.5) is 0 Å². The van der Waals surface area contributed by atoms with Crippen LogP contribution in [0.25, 0.3) is 0 Å². The van der Waals surface area contributed by atoms with Crippen LogP contribution < -0.4 is 0 Å². The summed E-state index contributed by atoms with van der Waals surface area (Å²) in [5, 5.41) is 0. The van der Waals surface area contributed by atoms with Gasteiger partial charge in [-0.05, 0) is 0 Å². The molecule has 0 saturated carbocycles. The van der Waals surface area contributed by atoms with Crippen molar-refractivity contribution in [3.63, 3.8) is 0 Å². The SMILES string of the molecule is C[CH-]Cl.[C-]1=CC=CC1.[C-]1=CC=CC1.[C-]1=CC=CC1.[C-]1=CC=CC1.[CH3-].[Zr+2].[Zr+4]. The molecule has 4 aliphatic carbocycles. The molecule has 4 rings (SSSR count). The van der Waals surface area contributed by atoms with Gasteiger partial charge in [-0.3, -0.25) is 24.3 Å². The third kappa shape index (κ3) is 31.7. The van der Waals surface area contributed by atoms with Crippen LogP contribution in [0, 0.1) is 37.6 Å². The van der Waals surface area contributed by atoms with E-state index in [-0.39, 0.29) is 59.8 Å². The Morgan fingerprint density at radius 2 is 0.846 bits per heavy atom. The number of hydrogen-bond donors (Lipinski definition) is 0. The number of hydrogen-bond acceptors (Lipinski definition) is 0. The zero-order valence-corrected chi connectivity index (χ0v) is 21.4. The normalized spacial score (nSPS) is 14.2. The predicted molar refractivity (Wildman–Crippen MR) is 109 cm³/mol. The van der Waals surface area contributed by atoms with E-state index in [4.69, 9.17) is 11.6 Å². The molecule has 0 unspecified atom stereocenters. The van der Waals surface area contributed by atoms with Crippen LogP contribution in [0.3, 0.4) is 0 Å². The van der Waals surface area contributed by atoms with Gasteiger partial charge in [0.25, 0.3) is 0 Å². The Kier molecular flexibility index (Phi) is 42.1. The first-order chi connectivity index (χ1) is 11.4. The molecule has 3 heteroatoms. The van der Waals surface area contributed by atoms with E-state index in [2.05, 4.69) is 48.6 Å². The molecule has 0 heterocycles. The second-order valence-electron chi connectivity index (χ2n) is 4.23. The summed E-state index contributed by atoms with van der Waals surface area (Å²) in [7, 11) is 0. The number of rotatable bonds is 0. The second-order valence-corrected chi connectivity index (χ2v) is 4.67. The van der Waals surface area contributed by atoms with Gasteiger partial charge < -0.3 is 19.0 Å².